The molecule has 1 aromatic carbocycles. The summed E-state index contributed by atoms with van der Waals surface area (Å²) in [4.78, 5) is 40.8. The Bertz CT molecular complexity index is 1210. The summed E-state index contributed by atoms with van der Waals surface area (Å²) in [6, 6.07) is 7.04. The smallest absolute Gasteiger partial charge is 0.331 e. The van der Waals surface area contributed by atoms with Crippen molar-refractivity contribution in [3.05, 3.63) is 61.7 Å². The molecule has 4 rings (SSSR count). The fourth-order valence-electron chi connectivity index (χ4n) is 3.16. The highest BCUT2D eigenvalue weighted by Gasteiger charge is 2.20. The number of thiazole rings is 1. The lowest BCUT2D eigenvalue weighted by Gasteiger charge is -2.08. The highest BCUT2D eigenvalue weighted by Crippen LogP contribution is 2.33. The van der Waals surface area contributed by atoms with Crippen LogP contribution >= 0.6 is 11.3 Å². The van der Waals surface area contributed by atoms with Crippen molar-refractivity contribution in [2.75, 3.05) is 5.32 Å². The van der Waals surface area contributed by atoms with Gasteiger partial charge in [0.1, 0.15) is 17.5 Å². The molecule has 3 aromatic rings. The number of hydrogen-bond donors (Lipinski definition) is 1. The first-order valence-corrected chi connectivity index (χ1v) is 9.55. The number of benzene rings is 1. The van der Waals surface area contributed by atoms with Crippen molar-refractivity contribution in [2.24, 2.45) is 14.1 Å². The van der Waals surface area contributed by atoms with Crippen molar-refractivity contribution in [3.63, 3.8) is 0 Å². The number of carbonyl (C=O) groups is 1. The molecule has 0 saturated carbocycles. The maximum atomic E-state index is 12.5. The number of anilines is 1. The Morgan fingerprint density at radius 2 is 2.04 bits per heavy atom. The van der Waals surface area contributed by atoms with Crippen molar-refractivity contribution in [1.82, 2.24) is 14.1 Å². The molecule has 1 N–H and O–H groups in total. The van der Waals surface area contributed by atoms with E-state index in [2.05, 4.69) is 10.3 Å². The van der Waals surface area contributed by atoms with Crippen LogP contribution in [-0.4, -0.2) is 26.1 Å². The van der Waals surface area contributed by atoms with Crippen molar-refractivity contribution < 1.29 is 9.53 Å². The van der Waals surface area contributed by atoms with Gasteiger partial charge in [0.2, 0.25) is 0 Å². The molecule has 0 radical (unpaired) electrons. The van der Waals surface area contributed by atoms with E-state index in [9.17, 15) is 14.4 Å². The molecule has 3 heterocycles. The summed E-state index contributed by atoms with van der Waals surface area (Å²) in [5.41, 5.74) is 1.69. The van der Waals surface area contributed by atoms with Gasteiger partial charge in [0.25, 0.3) is 11.5 Å². The maximum Gasteiger partial charge on any atom is 0.331 e. The molecule has 0 fully saturated rings. The molecule has 9 heteroatoms. The van der Waals surface area contributed by atoms with E-state index in [-0.39, 0.29) is 11.8 Å². The van der Waals surface area contributed by atoms with Gasteiger partial charge >= 0.3 is 5.69 Å². The maximum absolute atomic E-state index is 12.5. The van der Waals surface area contributed by atoms with Crippen molar-refractivity contribution in [3.8, 4) is 17.0 Å². The van der Waals surface area contributed by atoms with Crippen LogP contribution in [0.2, 0.25) is 0 Å². The van der Waals surface area contributed by atoms with Gasteiger partial charge in [0.05, 0.1) is 5.69 Å². The largest absolute Gasteiger partial charge is 0.490 e. The SMILES string of the molecule is CC1Cc2cc(-c3csc(NC(=O)c4cc(=O)n(C)c(=O)n4C)n3)ccc2O1. The number of amides is 1. The second-order valence-corrected chi connectivity index (χ2v) is 7.57. The van der Waals surface area contributed by atoms with Crippen molar-refractivity contribution in [1.29, 1.82) is 0 Å². The van der Waals surface area contributed by atoms with Crippen molar-refractivity contribution >= 4 is 22.4 Å². The van der Waals surface area contributed by atoms with Crippen LogP contribution < -0.4 is 21.3 Å². The first-order chi connectivity index (χ1) is 13.3. The minimum Gasteiger partial charge on any atom is -0.490 e. The van der Waals surface area contributed by atoms with Crippen LogP contribution in [0.15, 0.2) is 39.2 Å². The van der Waals surface area contributed by atoms with Gasteiger partial charge in [-0.2, -0.15) is 0 Å². The molecule has 0 aliphatic carbocycles. The Labute approximate surface area is 164 Å². The molecule has 144 valence electrons. The van der Waals surface area contributed by atoms with E-state index in [0.29, 0.717) is 5.13 Å². The van der Waals surface area contributed by atoms with Crippen LogP contribution in [0.1, 0.15) is 23.0 Å². The van der Waals surface area contributed by atoms with Crippen LogP contribution in [0.5, 0.6) is 5.75 Å². The number of nitrogens with zero attached hydrogens (tertiary/aromatic N) is 3. The van der Waals surface area contributed by atoms with Gasteiger partial charge in [0.15, 0.2) is 5.13 Å². The topological polar surface area (TPSA) is 95.2 Å². The lowest BCUT2D eigenvalue weighted by Crippen LogP contribution is -2.40. The summed E-state index contributed by atoms with van der Waals surface area (Å²) >= 11 is 1.27. The van der Waals surface area contributed by atoms with Gasteiger partial charge in [-0.1, -0.05) is 0 Å². The molecule has 0 spiro atoms. The number of carbonyl (C=O) groups excluding carboxylic acids is 1. The minimum atomic E-state index is -0.563. The molecule has 0 bridgehead atoms. The van der Waals surface area contributed by atoms with Crippen LogP contribution in [0.4, 0.5) is 5.13 Å². The number of ether oxygens (including phenoxy) is 1. The average Bonchev–Trinajstić information content (AvgIpc) is 3.27. The summed E-state index contributed by atoms with van der Waals surface area (Å²) in [6.07, 6.45) is 1.02. The summed E-state index contributed by atoms with van der Waals surface area (Å²) in [5, 5.41) is 4.89. The molecule has 1 unspecified atom stereocenters. The minimum absolute atomic E-state index is 0.0199. The van der Waals surface area contributed by atoms with Gasteiger partial charge in [-0.15, -0.1) is 11.3 Å². The molecular weight excluding hydrogens is 380 g/mol. The molecule has 1 aliphatic rings. The van der Waals surface area contributed by atoms with Crippen LogP contribution in [0, 0.1) is 0 Å². The van der Waals surface area contributed by atoms with Gasteiger partial charge in [-0.25, -0.2) is 9.78 Å². The summed E-state index contributed by atoms with van der Waals surface area (Å²) in [7, 11) is 2.80. The molecule has 28 heavy (non-hydrogen) atoms. The third-order valence-electron chi connectivity index (χ3n) is 4.68. The third-order valence-corrected chi connectivity index (χ3v) is 5.43. The lowest BCUT2D eigenvalue weighted by atomic mass is 10.1. The third kappa shape index (κ3) is 3.13. The fraction of sp³-hybridized carbons (Fsp3) is 0.263. The molecule has 1 amide bonds. The summed E-state index contributed by atoms with van der Waals surface area (Å²) in [6.45, 7) is 2.03. The summed E-state index contributed by atoms with van der Waals surface area (Å²) in [5.74, 6) is 0.334. The zero-order chi connectivity index (χ0) is 20.0. The molecular formula is C19H18N4O4S. The molecule has 0 saturated heterocycles. The average molecular weight is 398 g/mol. The predicted molar refractivity (Wildman–Crippen MR) is 106 cm³/mol. The number of rotatable bonds is 3. The Hall–Kier alpha value is -3.20. The van der Waals surface area contributed by atoms with E-state index in [1.807, 2.05) is 30.5 Å². The zero-order valence-corrected chi connectivity index (χ0v) is 16.4. The van der Waals surface area contributed by atoms with E-state index in [4.69, 9.17) is 4.74 Å². The van der Waals surface area contributed by atoms with Gasteiger partial charge in [-0.05, 0) is 30.7 Å². The van der Waals surface area contributed by atoms with Crippen molar-refractivity contribution in [2.45, 2.75) is 19.4 Å². The standard InChI is InChI=1S/C19H18N4O4S/c1-10-6-12-7-11(4-5-15(12)27-10)13-9-28-18(20-13)21-17(25)14-8-16(24)23(3)19(26)22(14)2/h4-5,7-10H,6H2,1-3H3,(H,20,21,25). The molecule has 8 nitrogen and oxygen atoms in total. The first-order valence-electron chi connectivity index (χ1n) is 8.67. The number of nitrogens with one attached hydrogen (secondary N) is 1. The lowest BCUT2D eigenvalue weighted by molar-refractivity contribution is 0.101. The summed E-state index contributed by atoms with van der Waals surface area (Å²) < 4.78 is 7.79. The second kappa shape index (κ2) is 6.75. The number of fused-ring (bicyclic) bond motifs is 1. The normalized spacial score (nSPS) is 15.2. The monoisotopic (exact) mass is 398 g/mol. The quantitative estimate of drug-likeness (QED) is 0.726. The van der Waals surface area contributed by atoms with Crippen LogP contribution in [0.3, 0.4) is 0 Å². The highest BCUT2D eigenvalue weighted by molar-refractivity contribution is 7.14. The Kier molecular flexibility index (Phi) is 4.38. The van der Waals surface area contributed by atoms with E-state index < -0.39 is 17.2 Å². The number of hydrogen-bond acceptors (Lipinski definition) is 6. The van der Waals surface area contributed by atoms with E-state index in [1.165, 1.54) is 25.4 Å². The Morgan fingerprint density at radius 3 is 2.82 bits per heavy atom. The Balaban J connectivity index is 1.58. The van der Waals surface area contributed by atoms with Gasteiger partial charge in [0, 0.05) is 37.5 Å². The Morgan fingerprint density at radius 1 is 1.25 bits per heavy atom. The highest BCUT2D eigenvalue weighted by atomic mass is 32.1. The van der Waals surface area contributed by atoms with Crippen LogP contribution in [0.25, 0.3) is 11.3 Å². The van der Waals surface area contributed by atoms with E-state index in [1.54, 1.807) is 0 Å². The zero-order valence-electron chi connectivity index (χ0n) is 15.6. The molecule has 1 atom stereocenters. The van der Waals surface area contributed by atoms with E-state index in [0.717, 1.165) is 44.2 Å². The predicted octanol–water partition coefficient (Wildman–Crippen LogP) is 1.78. The van der Waals surface area contributed by atoms with E-state index >= 15 is 0 Å². The van der Waals surface area contributed by atoms with Crippen LogP contribution in [-0.2, 0) is 20.5 Å². The molecule has 1 aliphatic heterocycles. The first kappa shape index (κ1) is 18.2. The van der Waals surface area contributed by atoms with Gasteiger partial charge in [-0.3, -0.25) is 24.0 Å². The number of aromatic nitrogens is 3. The second-order valence-electron chi connectivity index (χ2n) is 6.72. The molecule has 2 aromatic heterocycles. The van der Waals surface area contributed by atoms with Gasteiger partial charge < -0.3 is 4.74 Å². The fourth-order valence-corrected chi connectivity index (χ4v) is 3.87.